The van der Waals surface area contributed by atoms with Crippen molar-refractivity contribution < 1.29 is 65.3 Å². The van der Waals surface area contributed by atoms with E-state index in [-0.39, 0.29) is 65.2 Å². The Hall–Kier alpha value is -5.45. The first-order valence-electron chi connectivity index (χ1n) is 17.8. The topological polar surface area (TPSA) is 251 Å². The van der Waals surface area contributed by atoms with Crippen LogP contribution in [0.5, 0.6) is 0 Å². The molecule has 0 fully saturated rings. The van der Waals surface area contributed by atoms with Gasteiger partial charge in [0.1, 0.15) is 5.84 Å². The van der Waals surface area contributed by atoms with Crippen LogP contribution in [0.3, 0.4) is 0 Å². The van der Waals surface area contributed by atoms with Crippen molar-refractivity contribution in [2.24, 2.45) is 10.7 Å². The standard InChI is InChI=1S/C13H11BrN2O4.C13H13BrN2O2.C13H12BrNO3.C2H4O2.Fe/c1-2-20-13(17)10(5-6-15)7-9-3-4-11(14)8-12(9)16(18)19;1-2-18-13(17)9-5-8-3-4-10(14)7-11(8)16-12(15)6-9;1-2-18-13(17)9-5-8-3-4-10(14)7-11(8)15-12(16)6-9;1-2(3)4;/h3-4,7-8H,2,5H2,1H3;3-5,7H,2,6H2,1H3,(H2,15,16);3-5,7H,2,6H2,1H3,(H,15,16);1H3,(H,3,4);/b10-7+;;;;. The number of amidine groups is 1. The first-order valence-corrected chi connectivity index (χ1v) is 20.2. The van der Waals surface area contributed by atoms with E-state index in [2.05, 4.69) is 58.1 Å². The minimum atomic E-state index is -0.833. The number of anilines is 1. The summed E-state index contributed by atoms with van der Waals surface area (Å²) in [7, 11) is 0. The second kappa shape index (κ2) is 27.4. The van der Waals surface area contributed by atoms with Gasteiger partial charge in [-0.2, -0.15) is 5.26 Å². The number of aliphatic imine (C=N–C) groups is 1. The van der Waals surface area contributed by atoms with Gasteiger partial charge in [0.2, 0.25) is 5.91 Å². The smallest absolute Gasteiger partial charge is 0.335 e. The number of nitrogens with two attached hydrogens (primary N) is 1. The molecule has 0 aliphatic carbocycles. The van der Waals surface area contributed by atoms with Crippen LogP contribution in [-0.2, 0) is 55.3 Å². The molecule has 0 atom stereocenters. The van der Waals surface area contributed by atoms with Crippen LogP contribution in [0.4, 0.5) is 17.1 Å². The average molecular weight is 1070 g/mol. The Bertz CT molecular complexity index is 2270. The van der Waals surface area contributed by atoms with E-state index in [0.717, 1.165) is 32.7 Å². The maximum Gasteiger partial charge on any atom is 0.335 e. The largest absolute Gasteiger partial charge is 0.481 e. The molecule has 20 heteroatoms. The van der Waals surface area contributed by atoms with Gasteiger partial charge in [-0.1, -0.05) is 59.9 Å². The molecule has 0 radical (unpaired) electrons. The van der Waals surface area contributed by atoms with Crippen molar-refractivity contribution in [1.29, 1.82) is 5.26 Å². The number of amides is 1. The van der Waals surface area contributed by atoms with E-state index in [4.69, 9.17) is 35.1 Å². The summed E-state index contributed by atoms with van der Waals surface area (Å²) < 4.78 is 17.1. The summed E-state index contributed by atoms with van der Waals surface area (Å²) >= 11 is 9.87. The first kappa shape index (κ1) is 53.6. The third-order valence-electron chi connectivity index (χ3n) is 7.33. The Labute approximate surface area is 387 Å². The molecule has 0 aromatic heterocycles. The molecule has 61 heavy (non-hydrogen) atoms. The number of carboxylic acids is 1. The zero-order valence-electron chi connectivity index (χ0n) is 33.1. The van der Waals surface area contributed by atoms with Crippen LogP contribution in [0, 0.1) is 21.4 Å². The number of benzene rings is 3. The van der Waals surface area contributed by atoms with Crippen molar-refractivity contribution in [2.45, 2.75) is 47.0 Å². The molecule has 3 aromatic carbocycles. The van der Waals surface area contributed by atoms with Crippen LogP contribution in [0.25, 0.3) is 18.2 Å². The molecule has 0 unspecified atom stereocenters. The van der Waals surface area contributed by atoms with Crippen molar-refractivity contribution in [2.75, 3.05) is 25.1 Å². The number of esters is 3. The number of carboxylic acid groups (broad SMARTS) is 1. The molecule has 5 rings (SSSR count). The second-order valence-corrected chi connectivity index (χ2v) is 14.7. The van der Waals surface area contributed by atoms with Crippen LogP contribution in [-0.4, -0.2) is 65.5 Å². The molecule has 0 saturated heterocycles. The molecular weight excluding hydrogens is 1030 g/mol. The summed E-state index contributed by atoms with van der Waals surface area (Å²) in [6.45, 7) is 7.05. The maximum atomic E-state index is 11.8. The van der Waals surface area contributed by atoms with Gasteiger partial charge in [-0.05, 0) is 81.0 Å². The maximum absolute atomic E-state index is 11.8. The average Bonchev–Trinajstić information content (AvgIpc) is 3.45. The van der Waals surface area contributed by atoms with Gasteiger partial charge in [-0.25, -0.2) is 19.4 Å². The third-order valence-corrected chi connectivity index (χ3v) is 8.81. The number of halogens is 3. The molecule has 2 heterocycles. The molecule has 2 aliphatic heterocycles. The zero-order chi connectivity index (χ0) is 44.9. The minimum Gasteiger partial charge on any atom is -0.481 e. The molecule has 1 amide bonds. The van der Waals surface area contributed by atoms with Crippen LogP contribution in [0.1, 0.15) is 63.6 Å². The fourth-order valence-electron chi connectivity index (χ4n) is 4.92. The molecule has 4 N–H and O–H groups in total. The second-order valence-electron chi connectivity index (χ2n) is 11.9. The number of ether oxygens (including phenoxy) is 3. The predicted octanol–water partition coefficient (Wildman–Crippen LogP) is 8.83. The van der Waals surface area contributed by atoms with Crippen molar-refractivity contribution >= 4 is 119 Å². The van der Waals surface area contributed by atoms with Crippen LogP contribution in [0.2, 0.25) is 0 Å². The summed E-state index contributed by atoms with van der Waals surface area (Å²) in [5, 5.41) is 29.9. The first-order chi connectivity index (χ1) is 28.4. The van der Waals surface area contributed by atoms with Gasteiger partial charge in [0.15, 0.2) is 0 Å². The molecule has 324 valence electrons. The minimum absolute atomic E-state index is 0. The van der Waals surface area contributed by atoms with E-state index >= 15 is 0 Å². The van der Waals surface area contributed by atoms with Crippen molar-refractivity contribution in [3.8, 4) is 6.07 Å². The quantitative estimate of drug-likeness (QED) is 0.0453. The Kier molecular flexibility index (Phi) is 24.1. The van der Waals surface area contributed by atoms with Gasteiger partial charge in [0.25, 0.3) is 11.7 Å². The molecule has 0 spiro atoms. The van der Waals surface area contributed by atoms with Gasteiger partial charge in [-0.15, -0.1) is 0 Å². The van der Waals surface area contributed by atoms with E-state index in [1.807, 2.05) is 36.4 Å². The number of hydrogen-bond acceptors (Lipinski definition) is 13. The Morgan fingerprint density at radius 3 is 1.95 bits per heavy atom. The number of nitriles is 1. The summed E-state index contributed by atoms with van der Waals surface area (Å²) in [5.41, 5.74) is 9.98. The molecule has 0 bridgehead atoms. The number of carbonyl (C=O) groups excluding carboxylic acids is 4. The van der Waals surface area contributed by atoms with E-state index in [1.165, 1.54) is 18.2 Å². The van der Waals surface area contributed by atoms with Gasteiger partial charge in [0.05, 0.1) is 60.5 Å². The number of hydrogen-bond donors (Lipinski definition) is 3. The van der Waals surface area contributed by atoms with E-state index < -0.39 is 22.8 Å². The summed E-state index contributed by atoms with van der Waals surface area (Å²) in [6.07, 6.45) is 4.95. The Morgan fingerprint density at radius 2 is 1.39 bits per heavy atom. The van der Waals surface area contributed by atoms with Crippen molar-refractivity contribution in [3.05, 3.63) is 112 Å². The number of nitro groups is 1. The number of carbonyl (C=O) groups is 5. The number of fused-ring (bicyclic) bond motifs is 2. The normalized spacial score (nSPS) is 12.3. The van der Waals surface area contributed by atoms with Gasteiger partial charge in [0, 0.05) is 72.3 Å². The van der Waals surface area contributed by atoms with E-state index in [0.29, 0.717) is 46.8 Å². The fraction of sp³-hybridized carbons (Fsp3) is 0.244. The van der Waals surface area contributed by atoms with Crippen LogP contribution >= 0.6 is 47.8 Å². The molecule has 2 aliphatic rings. The third kappa shape index (κ3) is 18.8. The Morgan fingerprint density at radius 1 is 0.885 bits per heavy atom. The van der Waals surface area contributed by atoms with E-state index in [9.17, 15) is 29.3 Å². The van der Waals surface area contributed by atoms with Crippen LogP contribution in [0.15, 0.2) is 89.7 Å². The SMILES string of the molecule is CC(=O)O.CCOC(=O)/C(=C/c1ccc(Br)cc1[N+](=O)[O-])CC#N.CCOC(=O)C1=Cc2ccc(Br)cc2N=C(N)C1.CCOC(=O)C1=Cc2ccc(Br)cc2NC(=O)C1.[Fe]. The Balaban J connectivity index is 0.000000434. The molecule has 3 aromatic rings. The van der Waals surface area contributed by atoms with Gasteiger partial charge < -0.3 is 30.4 Å². The van der Waals surface area contributed by atoms with Crippen LogP contribution < -0.4 is 11.1 Å². The number of aliphatic carboxylic acids is 1. The molecule has 16 nitrogen and oxygen atoms in total. The predicted molar refractivity (Wildman–Crippen MR) is 236 cm³/mol. The number of nitro benzene ring substituents is 1. The zero-order valence-corrected chi connectivity index (χ0v) is 39.0. The fourth-order valence-corrected chi connectivity index (χ4v) is 5.98. The summed E-state index contributed by atoms with van der Waals surface area (Å²) in [6, 6.07) is 17.4. The van der Waals surface area contributed by atoms with Gasteiger partial charge in [-0.3, -0.25) is 19.7 Å². The monoisotopic (exact) mass is 1070 g/mol. The summed E-state index contributed by atoms with van der Waals surface area (Å²) in [5.74, 6) is -2.07. The van der Waals surface area contributed by atoms with Crippen molar-refractivity contribution in [3.63, 3.8) is 0 Å². The van der Waals surface area contributed by atoms with Gasteiger partial charge >= 0.3 is 17.9 Å². The molecular formula is C41H40Br3FeN5O11. The number of nitrogens with zero attached hydrogens (tertiary/aromatic N) is 3. The number of rotatable bonds is 9. The number of nitrogens with one attached hydrogen (secondary N) is 1. The van der Waals surface area contributed by atoms with E-state index in [1.54, 1.807) is 45.1 Å². The summed E-state index contributed by atoms with van der Waals surface area (Å²) in [4.78, 5) is 70.6. The molecule has 0 saturated carbocycles. The van der Waals surface area contributed by atoms with Crippen molar-refractivity contribution in [1.82, 2.24) is 0 Å².